The first-order valence-electron chi connectivity index (χ1n) is 8.48. The number of oxazole rings is 1. The molecule has 0 N–H and O–H groups in total. The summed E-state index contributed by atoms with van der Waals surface area (Å²) in [5, 5.41) is 0. The topological polar surface area (TPSA) is 79.3 Å². The lowest BCUT2D eigenvalue weighted by Gasteiger charge is -2.16. The predicted molar refractivity (Wildman–Crippen MR) is 102 cm³/mol. The van der Waals surface area contributed by atoms with E-state index in [0.717, 1.165) is 11.6 Å². The van der Waals surface area contributed by atoms with Gasteiger partial charge in [0.05, 0.1) is 5.52 Å². The van der Waals surface area contributed by atoms with Gasteiger partial charge >= 0.3 is 5.76 Å². The Morgan fingerprint density at radius 2 is 2.08 bits per heavy atom. The van der Waals surface area contributed by atoms with Crippen LogP contribution >= 0.6 is 0 Å². The molecule has 0 spiro atoms. The Morgan fingerprint density at radius 3 is 2.77 bits per heavy atom. The van der Waals surface area contributed by atoms with Crippen molar-refractivity contribution in [3.63, 3.8) is 0 Å². The number of fused-ring (bicyclic) bond motifs is 1. The second kappa shape index (κ2) is 7.04. The first kappa shape index (κ1) is 18.3. The Labute approximate surface area is 152 Å². The van der Waals surface area contributed by atoms with Crippen molar-refractivity contribution < 1.29 is 13.9 Å². The molecule has 2 aromatic heterocycles. The molecule has 1 aromatic carbocycles. The van der Waals surface area contributed by atoms with E-state index in [1.807, 2.05) is 16.7 Å². The minimum absolute atomic E-state index is 0.322. The highest BCUT2D eigenvalue weighted by molar-refractivity contribution is 6.76. The van der Waals surface area contributed by atoms with Crippen LogP contribution in [0.2, 0.25) is 25.7 Å². The molecule has 138 valence electrons. The number of aromatic nitrogens is 3. The number of imidazole rings is 1. The van der Waals surface area contributed by atoms with E-state index in [-0.39, 0.29) is 0 Å². The van der Waals surface area contributed by atoms with Crippen molar-refractivity contribution in [3.05, 3.63) is 40.6 Å². The van der Waals surface area contributed by atoms with Crippen LogP contribution in [-0.4, -0.2) is 35.1 Å². The summed E-state index contributed by atoms with van der Waals surface area (Å²) in [6.07, 6.45) is 2.39. The molecule has 0 unspecified atom stereocenters. The number of carbonyl (C=O) groups excluding carboxylic acids is 1. The first-order valence-corrected chi connectivity index (χ1v) is 12.2. The summed E-state index contributed by atoms with van der Waals surface area (Å²) in [5.74, 6) is 0.208. The second-order valence-corrected chi connectivity index (χ2v) is 13.2. The van der Waals surface area contributed by atoms with Crippen LogP contribution in [0, 0.1) is 0 Å². The molecule has 7 nitrogen and oxygen atoms in total. The van der Waals surface area contributed by atoms with E-state index in [1.165, 1.54) is 4.57 Å². The summed E-state index contributed by atoms with van der Waals surface area (Å²) in [6.45, 7) is 7.90. The lowest BCUT2D eigenvalue weighted by atomic mass is 10.2. The number of carbonyl (C=O) groups is 1. The lowest BCUT2D eigenvalue weighted by Crippen LogP contribution is -2.22. The third-order valence-corrected chi connectivity index (χ3v) is 5.90. The normalized spacial score (nSPS) is 12.0. The zero-order chi connectivity index (χ0) is 18.9. The minimum Gasteiger partial charge on any atom is -0.408 e. The molecular weight excluding hydrogens is 350 g/mol. The summed E-state index contributed by atoms with van der Waals surface area (Å²) < 4.78 is 14.2. The smallest absolute Gasteiger partial charge is 0.408 e. The minimum atomic E-state index is -1.16. The van der Waals surface area contributed by atoms with E-state index in [9.17, 15) is 9.59 Å². The third-order valence-electron chi connectivity index (χ3n) is 4.19. The second-order valence-electron chi connectivity index (χ2n) is 7.53. The maximum absolute atomic E-state index is 11.7. The van der Waals surface area contributed by atoms with Crippen molar-refractivity contribution in [2.45, 2.75) is 32.4 Å². The fourth-order valence-electron chi connectivity index (χ4n) is 2.63. The largest absolute Gasteiger partial charge is 0.419 e. The van der Waals surface area contributed by atoms with E-state index in [1.54, 1.807) is 19.3 Å². The molecule has 0 atom stereocenters. The first-order chi connectivity index (χ1) is 12.3. The highest BCUT2D eigenvalue weighted by atomic mass is 28.3. The lowest BCUT2D eigenvalue weighted by molar-refractivity contribution is 0.0882. The average Bonchev–Trinajstić information content (AvgIpc) is 3.12. The van der Waals surface area contributed by atoms with Crippen LogP contribution in [0.3, 0.4) is 0 Å². The number of hydrogen-bond donors (Lipinski definition) is 0. The number of aryl methyl sites for hydroxylation is 1. The van der Waals surface area contributed by atoms with Gasteiger partial charge in [-0.1, -0.05) is 19.6 Å². The number of benzene rings is 1. The molecule has 0 fully saturated rings. The van der Waals surface area contributed by atoms with Crippen LogP contribution in [0.1, 0.15) is 10.5 Å². The fraction of sp³-hybridized carbons (Fsp3) is 0.389. The zero-order valence-electron chi connectivity index (χ0n) is 15.5. The van der Waals surface area contributed by atoms with Gasteiger partial charge in [0.25, 0.3) is 0 Å². The SMILES string of the molecule is Cn1c(=O)oc2ccc(-c3nc(C=O)cn3COCC[Si](C)(C)C)cc21. The fourth-order valence-corrected chi connectivity index (χ4v) is 3.39. The molecule has 0 amide bonds. The molecule has 2 heterocycles. The molecule has 0 bridgehead atoms. The molecule has 26 heavy (non-hydrogen) atoms. The van der Waals surface area contributed by atoms with E-state index in [2.05, 4.69) is 24.6 Å². The van der Waals surface area contributed by atoms with Gasteiger partial charge in [-0.3, -0.25) is 9.36 Å². The number of nitrogens with zero attached hydrogens (tertiary/aromatic N) is 3. The van der Waals surface area contributed by atoms with Crippen molar-refractivity contribution in [1.29, 1.82) is 0 Å². The molecule has 3 rings (SSSR count). The summed E-state index contributed by atoms with van der Waals surface area (Å²) in [7, 11) is 0.496. The Morgan fingerprint density at radius 1 is 1.31 bits per heavy atom. The average molecular weight is 373 g/mol. The Kier molecular flexibility index (Phi) is 4.97. The standard InChI is InChI=1S/C18H23N3O4Si/c1-20-15-9-13(5-6-16(15)25-18(20)23)17-19-14(11-22)10-21(17)12-24-7-8-26(2,3)4/h5-6,9-11H,7-8,12H2,1-4H3. The zero-order valence-corrected chi connectivity index (χ0v) is 16.5. The van der Waals surface area contributed by atoms with Crippen LogP contribution < -0.4 is 5.76 Å². The van der Waals surface area contributed by atoms with Gasteiger partial charge in [0.1, 0.15) is 18.2 Å². The highest BCUT2D eigenvalue weighted by Gasteiger charge is 2.15. The van der Waals surface area contributed by atoms with E-state index >= 15 is 0 Å². The molecule has 0 aliphatic heterocycles. The number of hydrogen-bond acceptors (Lipinski definition) is 5. The van der Waals surface area contributed by atoms with E-state index in [0.29, 0.717) is 42.2 Å². The van der Waals surface area contributed by atoms with Crippen molar-refractivity contribution in [1.82, 2.24) is 14.1 Å². The molecule has 8 heteroatoms. The van der Waals surface area contributed by atoms with Crippen molar-refractivity contribution in [2.24, 2.45) is 7.05 Å². The summed E-state index contributed by atoms with van der Waals surface area (Å²) in [5.41, 5.74) is 2.32. The molecule has 0 aliphatic rings. The van der Waals surface area contributed by atoms with Crippen LogP contribution in [0.25, 0.3) is 22.5 Å². The van der Waals surface area contributed by atoms with Crippen LogP contribution in [0.15, 0.2) is 33.6 Å². The maximum atomic E-state index is 11.7. The molecular formula is C18H23N3O4Si. The summed E-state index contributed by atoms with van der Waals surface area (Å²) >= 11 is 0. The Bertz CT molecular complexity index is 994. The number of rotatable bonds is 7. The van der Waals surface area contributed by atoms with Gasteiger partial charge in [0, 0.05) is 33.5 Å². The van der Waals surface area contributed by atoms with E-state index < -0.39 is 13.8 Å². The van der Waals surface area contributed by atoms with E-state index in [4.69, 9.17) is 9.15 Å². The van der Waals surface area contributed by atoms with Crippen molar-refractivity contribution in [2.75, 3.05) is 6.61 Å². The highest BCUT2D eigenvalue weighted by Crippen LogP contribution is 2.23. The van der Waals surface area contributed by atoms with Gasteiger partial charge in [-0.15, -0.1) is 0 Å². The molecule has 3 aromatic rings. The van der Waals surface area contributed by atoms with Gasteiger partial charge in [-0.25, -0.2) is 9.78 Å². The number of ether oxygens (including phenoxy) is 1. The van der Waals surface area contributed by atoms with Crippen molar-refractivity contribution >= 4 is 25.5 Å². The molecule has 0 saturated heterocycles. The van der Waals surface area contributed by atoms with Gasteiger partial charge in [-0.05, 0) is 24.2 Å². The van der Waals surface area contributed by atoms with Crippen molar-refractivity contribution in [3.8, 4) is 11.4 Å². The van der Waals surface area contributed by atoms with Crippen LogP contribution in [-0.2, 0) is 18.5 Å². The summed E-state index contributed by atoms with van der Waals surface area (Å²) in [4.78, 5) is 27.2. The third kappa shape index (κ3) is 3.86. The Balaban J connectivity index is 1.89. The van der Waals surface area contributed by atoms with Gasteiger partial charge in [-0.2, -0.15) is 0 Å². The molecule has 0 radical (unpaired) electrons. The summed E-state index contributed by atoms with van der Waals surface area (Å²) in [6, 6.07) is 6.45. The van der Waals surface area contributed by atoms with Gasteiger partial charge in [0.2, 0.25) is 0 Å². The van der Waals surface area contributed by atoms with Crippen LogP contribution in [0.4, 0.5) is 0 Å². The monoisotopic (exact) mass is 373 g/mol. The quantitative estimate of drug-likeness (QED) is 0.361. The van der Waals surface area contributed by atoms with Gasteiger partial charge < -0.3 is 13.7 Å². The number of aldehydes is 1. The Hall–Kier alpha value is -2.45. The van der Waals surface area contributed by atoms with Gasteiger partial charge in [0.15, 0.2) is 11.9 Å². The molecule has 0 saturated carbocycles. The molecule has 0 aliphatic carbocycles. The predicted octanol–water partition coefficient (Wildman–Crippen LogP) is 3.12. The maximum Gasteiger partial charge on any atom is 0.419 e. The van der Waals surface area contributed by atoms with Crippen LogP contribution in [0.5, 0.6) is 0 Å².